The minimum absolute atomic E-state index is 0.246. The summed E-state index contributed by atoms with van der Waals surface area (Å²) in [7, 11) is 0. The Kier molecular flexibility index (Phi) is 7.08. The van der Waals surface area contributed by atoms with Gasteiger partial charge in [0.05, 0.1) is 17.3 Å². The molecule has 1 aliphatic heterocycles. The quantitative estimate of drug-likeness (QED) is 0.376. The average Bonchev–Trinajstić information content (AvgIpc) is 3.30. The summed E-state index contributed by atoms with van der Waals surface area (Å²) in [5.74, 6) is -4.51. The highest BCUT2D eigenvalue weighted by Crippen LogP contribution is 2.28. The lowest BCUT2D eigenvalue weighted by Crippen LogP contribution is -2.47. The van der Waals surface area contributed by atoms with Crippen LogP contribution < -0.4 is 5.32 Å². The number of nitrogens with zero attached hydrogens (tertiary/aromatic N) is 2. The zero-order chi connectivity index (χ0) is 24.4. The van der Waals surface area contributed by atoms with Crippen molar-refractivity contribution in [2.75, 3.05) is 18.4 Å². The first kappa shape index (κ1) is 24.0. The molecular weight excluding hydrogens is 470 g/mol. The minimum atomic E-state index is -0.980. The van der Waals surface area contributed by atoms with E-state index in [1.165, 1.54) is 6.07 Å². The van der Waals surface area contributed by atoms with Crippen molar-refractivity contribution in [2.45, 2.75) is 25.8 Å². The molecule has 1 unspecified atom stereocenters. The Morgan fingerprint density at radius 1 is 1.03 bits per heavy atom. The molecule has 178 valence electrons. The Morgan fingerprint density at radius 2 is 1.74 bits per heavy atom. The van der Waals surface area contributed by atoms with Gasteiger partial charge in [0.2, 0.25) is 5.91 Å². The maximum absolute atomic E-state index is 13.9. The van der Waals surface area contributed by atoms with Crippen molar-refractivity contribution in [3.63, 3.8) is 0 Å². The number of ketones is 1. The van der Waals surface area contributed by atoms with Crippen LogP contribution in [0.15, 0.2) is 41.8 Å². The van der Waals surface area contributed by atoms with Gasteiger partial charge in [-0.15, -0.1) is 11.3 Å². The van der Waals surface area contributed by atoms with Gasteiger partial charge < -0.3 is 5.32 Å². The largest absolute Gasteiger partial charge is 0.301 e. The van der Waals surface area contributed by atoms with E-state index in [0.717, 1.165) is 41.7 Å². The minimum Gasteiger partial charge on any atom is -0.301 e. The zero-order valence-corrected chi connectivity index (χ0v) is 19.0. The molecule has 3 aromatic rings. The first-order chi connectivity index (χ1) is 16.2. The fourth-order valence-corrected chi connectivity index (χ4v) is 4.67. The molecule has 1 saturated heterocycles. The first-order valence-electron chi connectivity index (χ1n) is 10.7. The van der Waals surface area contributed by atoms with Gasteiger partial charge in [0.1, 0.15) is 11.6 Å². The first-order valence-corrected chi connectivity index (χ1v) is 11.6. The number of benzene rings is 2. The van der Waals surface area contributed by atoms with Crippen LogP contribution in [0.1, 0.15) is 30.1 Å². The summed E-state index contributed by atoms with van der Waals surface area (Å²) >= 11 is 1.16. The number of rotatable bonds is 6. The predicted molar refractivity (Wildman–Crippen MR) is 121 cm³/mol. The Morgan fingerprint density at radius 3 is 2.44 bits per heavy atom. The lowest BCUT2D eigenvalue weighted by Gasteiger charge is -2.34. The van der Waals surface area contributed by atoms with E-state index in [1.54, 1.807) is 12.3 Å². The molecule has 1 amide bonds. The molecule has 4 rings (SSSR count). The van der Waals surface area contributed by atoms with Crippen molar-refractivity contribution in [1.82, 2.24) is 9.88 Å². The second-order valence-electron chi connectivity index (χ2n) is 8.13. The molecule has 1 atom stereocenters. The summed E-state index contributed by atoms with van der Waals surface area (Å²) in [6, 6.07) is 5.78. The third kappa shape index (κ3) is 5.18. The molecular formula is C24H21F4N3O2S. The van der Waals surface area contributed by atoms with E-state index >= 15 is 0 Å². The van der Waals surface area contributed by atoms with Crippen molar-refractivity contribution < 1.29 is 27.2 Å². The summed E-state index contributed by atoms with van der Waals surface area (Å²) in [6.45, 7) is 2.62. The maximum atomic E-state index is 13.9. The number of likely N-dealkylation sites (tertiary alicyclic amines) is 1. The Labute approximate surface area is 197 Å². The Hall–Kier alpha value is -3.11. The number of piperidine rings is 1. The molecule has 1 fully saturated rings. The van der Waals surface area contributed by atoms with Gasteiger partial charge in [-0.3, -0.25) is 14.5 Å². The van der Waals surface area contributed by atoms with Crippen LogP contribution in [0.25, 0.3) is 11.3 Å². The van der Waals surface area contributed by atoms with E-state index in [1.807, 2.05) is 4.90 Å². The number of hydrogen-bond acceptors (Lipinski definition) is 5. The topological polar surface area (TPSA) is 62.3 Å². The van der Waals surface area contributed by atoms with Gasteiger partial charge >= 0.3 is 0 Å². The van der Waals surface area contributed by atoms with Crippen molar-refractivity contribution in [2.24, 2.45) is 5.92 Å². The van der Waals surface area contributed by atoms with Crippen LogP contribution in [-0.4, -0.2) is 40.7 Å². The molecule has 1 aromatic heterocycles. The molecule has 0 spiro atoms. The van der Waals surface area contributed by atoms with Crippen LogP contribution in [0, 0.1) is 29.2 Å². The lowest BCUT2D eigenvalue weighted by molar-refractivity contribution is -0.121. The summed E-state index contributed by atoms with van der Waals surface area (Å²) in [6.07, 6.45) is 0.841. The molecule has 0 radical (unpaired) electrons. The molecule has 1 N–H and O–H groups in total. The van der Waals surface area contributed by atoms with Gasteiger partial charge in [-0.05, 0) is 69.3 Å². The molecule has 0 bridgehead atoms. The van der Waals surface area contributed by atoms with Crippen LogP contribution in [0.4, 0.5) is 22.7 Å². The third-order valence-corrected chi connectivity index (χ3v) is 6.73. The second kappa shape index (κ2) is 10.0. The highest BCUT2D eigenvalue weighted by atomic mass is 32.1. The monoisotopic (exact) mass is 491 g/mol. The fourth-order valence-electron chi connectivity index (χ4n) is 3.95. The Balaban J connectivity index is 1.33. The highest BCUT2D eigenvalue weighted by molar-refractivity contribution is 7.14. The van der Waals surface area contributed by atoms with Crippen molar-refractivity contribution in [3.05, 3.63) is 70.6 Å². The van der Waals surface area contributed by atoms with Crippen LogP contribution in [0.5, 0.6) is 0 Å². The number of anilines is 1. The number of amides is 1. The second-order valence-corrected chi connectivity index (χ2v) is 8.99. The van der Waals surface area contributed by atoms with E-state index in [2.05, 4.69) is 10.3 Å². The standard InChI is InChI=1S/C24H21F4N3O2S/c1-13(23(33)30-24-29-21(12-34-24)15-2-4-19(27)20(28)10-15)31-8-6-14(7-9-31)22(32)17-11-16(25)3-5-18(17)26/h2-5,10-14H,6-9H2,1H3,(H,29,30,33). The number of nitrogens with one attached hydrogen (secondary N) is 1. The van der Waals surface area contributed by atoms with E-state index in [9.17, 15) is 27.2 Å². The number of carbonyl (C=O) groups excluding carboxylic acids is 2. The molecule has 0 saturated carbocycles. The number of Topliss-reactive ketones (excluding diaryl/α,β-unsaturated/α-hetero) is 1. The van der Waals surface area contributed by atoms with Crippen LogP contribution in [-0.2, 0) is 4.79 Å². The number of halogens is 4. The van der Waals surface area contributed by atoms with Gasteiger partial charge in [-0.2, -0.15) is 0 Å². The van der Waals surface area contributed by atoms with Crippen molar-refractivity contribution in [1.29, 1.82) is 0 Å². The zero-order valence-electron chi connectivity index (χ0n) is 18.2. The molecule has 5 nitrogen and oxygen atoms in total. The molecule has 2 heterocycles. The number of hydrogen-bond donors (Lipinski definition) is 1. The highest BCUT2D eigenvalue weighted by Gasteiger charge is 2.31. The summed E-state index contributed by atoms with van der Waals surface area (Å²) < 4.78 is 54.0. The summed E-state index contributed by atoms with van der Waals surface area (Å²) in [5, 5.41) is 4.69. The number of carbonyl (C=O) groups is 2. The van der Waals surface area contributed by atoms with Crippen molar-refractivity contribution >= 4 is 28.2 Å². The molecule has 0 aliphatic carbocycles. The molecule has 10 heteroatoms. The normalized spacial score (nSPS) is 15.8. The fraction of sp³-hybridized carbons (Fsp3) is 0.292. The van der Waals surface area contributed by atoms with Crippen LogP contribution >= 0.6 is 11.3 Å². The summed E-state index contributed by atoms with van der Waals surface area (Å²) in [4.78, 5) is 31.5. The van der Waals surface area contributed by atoms with E-state index < -0.39 is 41.0 Å². The lowest BCUT2D eigenvalue weighted by atomic mass is 9.88. The molecule has 1 aliphatic rings. The summed E-state index contributed by atoms with van der Waals surface area (Å²) in [5.41, 5.74) is 0.561. The average molecular weight is 492 g/mol. The van der Waals surface area contributed by atoms with Crippen LogP contribution in [0.3, 0.4) is 0 Å². The van der Waals surface area contributed by atoms with E-state index in [0.29, 0.717) is 42.3 Å². The van der Waals surface area contributed by atoms with Crippen molar-refractivity contribution in [3.8, 4) is 11.3 Å². The predicted octanol–water partition coefficient (Wildman–Crippen LogP) is 5.29. The molecule has 34 heavy (non-hydrogen) atoms. The molecule has 2 aromatic carbocycles. The smallest absolute Gasteiger partial charge is 0.243 e. The Bertz CT molecular complexity index is 1220. The van der Waals surface area contributed by atoms with E-state index in [-0.39, 0.29) is 11.5 Å². The number of aromatic nitrogens is 1. The van der Waals surface area contributed by atoms with Crippen LogP contribution in [0.2, 0.25) is 0 Å². The van der Waals surface area contributed by atoms with Gasteiger partial charge in [0, 0.05) is 16.9 Å². The van der Waals surface area contributed by atoms with Gasteiger partial charge in [-0.1, -0.05) is 0 Å². The van der Waals surface area contributed by atoms with Gasteiger partial charge in [0.25, 0.3) is 0 Å². The van der Waals surface area contributed by atoms with Gasteiger partial charge in [-0.25, -0.2) is 22.5 Å². The number of thiazole rings is 1. The maximum Gasteiger partial charge on any atom is 0.243 e. The van der Waals surface area contributed by atoms with E-state index in [4.69, 9.17) is 0 Å². The van der Waals surface area contributed by atoms with Gasteiger partial charge in [0.15, 0.2) is 22.5 Å². The SMILES string of the molecule is CC(C(=O)Nc1nc(-c2ccc(F)c(F)c2)cs1)N1CCC(C(=O)c2cc(F)ccc2F)CC1. The third-order valence-electron chi connectivity index (χ3n) is 5.97.